The van der Waals surface area contributed by atoms with Crippen LogP contribution in [0.2, 0.25) is 0 Å². The Bertz CT molecular complexity index is 649. The first-order valence-electron chi connectivity index (χ1n) is 6.32. The van der Waals surface area contributed by atoms with Gasteiger partial charge in [-0.1, -0.05) is 0 Å². The summed E-state index contributed by atoms with van der Waals surface area (Å²) >= 11 is 0. The number of nitrogens with one attached hydrogen (secondary N) is 1. The van der Waals surface area contributed by atoms with Crippen LogP contribution in [-0.4, -0.2) is 56.7 Å². The van der Waals surface area contributed by atoms with E-state index in [0.29, 0.717) is 0 Å². The number of halogens is 3. The third-order valence-corrected chi connectivity index (χ3v) is 3.23. The number of aromatic nitrogens is 2. The Balaban J connectivity index is 2.35. The van der Waals surface area contributed by atoms with E-state index in [0.717, 1.165) is 10.8 Å². The standard InChI is InChI=1S/C11H13F3N4O5/c12-11(13,14)9(21)17-6-7(20)4(3-19)23-8(6)18-2-1-5(15)16-10(18)22/h1-2,4,6-8,19-20H,3H2,(H,17,21)(H2,15,16,22)/t4-,6-,7+,8-/m1/s1. The number of nitrogen functional groups attached to an aromatic ring is 1. The molecule has 5 N–H and O–H groups in total. The van der Waals surface area contributed by atoms with Crippen LogP contribution in [0.1, 0.15) is 6.23 Å². The highest BCUT2D eigenvalue weighted by Crippen LogP contribution is 2.29. The molecule has 2 heterocycles. The highest BCUT2D eigenvalue weighted by atomic mass is 19.4. The summed E-state index contributed by atoms with van der Waals surface area (Å²) in [6.45, 7) is -0.729. The molecule has 0 spiro atoms. The lowest BCUT2D eigenvalue weighted by Gasteiger charge is -2.23. The Morgan fingerprint density at radius 1 is 1.52 bits per heavy atom. The largest absolute Gasteiger partial charge is 0.471 e. The quantitative estimate of drug-likeness (QED) is 0.506. The molecule has 4 atom stereocenters. The van der Waals surface area contributed by atoms with Crippen LogP contribution in [0.15, 0.2) is 17.1 Å². The highest BCUT2D eigenvalue weighted by molar-refractivity contribution is 5.82. The van der Waals surface area contributed by atoms with Gasteiger partial charge in [0.15, 0.2) is 6.23 Å². The number of hydrogen-bond donors (Lipinski definition) is 4. The molecule has 2 rings (SSSR count). The maximum atomic E-state index is 12.4. The summed E-state index contributed by atoms with van der Waals surface area (Å²) in [6, 6.07) is -0.434. The fourth-order valence-corrected chi connectivity index (χ4v) is 2.14. The van der Waals surface area contributed by atoms with Crippen molar-refractivity contribution < 1.29 is 32.9 Å². The third kappa shape index (κ3) is 3.43. The SMILES string of the molecule is Nc1ccn([C@@H]2O[C@H](CO)[C@H](O)[C@H]2NC(=O)C(F)(F)F)c(=O)n1. The Hall–Kier alpha value is -2.18. The number of amides is 1. The normalized spacial score (nSPS) is 27.9. The number of ether oxygens (including phenoxy) is 1. The molecule has 0 bridgehead atoms. The van der Waals surface area contributed by atoms with Crippen molar-refractivity contribution in [2.75, 3.05) is 12.3 Å². The molecule has 0 radical (unpaired) electrons. The van der Waals surface area contributed by atoms with Crippen molar-refractivity contribution in [3.05, 3.63) is 22.7 Å². The van der Waals surface area contributed by atoms with Crippen molar-refractivity contribution in [1.82, 2.24) is 14.9 Å². The van der Waals surface area contributed by atoms with Gasteiger partial charge in [0.1, 0.15) is 24.1 Å². The van der Waals surface area contributed by atoms with Gasteiger partial charge in [-0.25, -0.2) is 4.79 Å². The molecule has 1 saturated heterocycles. The van der Waals surface area contributed by atoms with E-state index in [-0.39, 0.29) is 5.82 Å². The minimum Gasteiger partial charge on any atom is -0.394 e. The molecule has 12 heteroatoms. The molecule has 128 valence electrons. The summed E-state index contributed by atoms with van der Waals surface area (Å²) in [7, 11) is 0. The lowest BCUT2D eigenvalue weighted by atomic mass is 10.1. The van der Waals surface area contributed by atoms with Crippen molar-refractivity contribution in [2.24, 2.45) is 0 Å². The van der Waals surface area contributed by atoms with Crippen molar-refractivity contribution in [1.29, 1.82) is 0 Å². The van der Waals surface area contributed by atoms with Gasteiger partial charge in [-0.15, -0.1) is 0 Å². The summed E-state index contributed by atoms with van der Waals surface area (Å²) in [4.78, 5) is 26.2. The number of rotatable bonds is 3. The molecule has 1 amide bonds. The highest BCUT2D eigenvalue weighted by Gasteiger charge is 2.49. The molecule has 1 aromatic rings. The van der Waals surface area contributed by atoms with Gasteiger partial charge in [0.05, 0.1) is 6.61 Å². The first kappa shape index (κ1) is 17.2. The number of aliphatic hydroxyl groups excluding tert-OH is 2. The van der Waals surface area contributed by atoms with Crippen LogP contribution >= 0.6 is 0 Å². The summed E-state index contributed by atoms with van der Waals surface area (Å²) in [5.41, 5.74) is 4.35. The molecule has 1 aliphatic heterocycles. The molecule has 1 fully saturated rings. The number of carbonyl (C=O) groups is 1. The molecule has 0 aromatic carbocycles. The molecule has 23 heavy (non-hydrogen) atoms. The minimum atomic E-state index is -5.19. The van der Waals surface area contributed by atoms with E-state index < -0.39 is 48.9 Å². The lowest BCUT2D eigenvalue weighted by molar-refractivity contribution is -0.175. The summed E-state index contributed by atoms with van der Waals surface area (Å²) in [5, 5.41) is 20.6. The van der Waals surface area contributed by atoms with E-state index in [1.807, 2.05) is 0 Å². The predicted octanol–water partition coefficient (Wildman–Crippen LogP) is -1.88. The summed E-state index contributed by atoms with van der Waals surface area (Å²) < 4.78 is 43.1. The van der Waals surface area contributed by atoms with Gasteiger partial charge in [-0.3, -0.25) is 9.36 Å². The van der Waals surface area contributed by atoms with E-state index in [1.54, 1.807) is 5.32 Å². The number of alkyl halides is 3. The second-order valence-corrected chi connectivity index (χ2v) is 4.78. The molecular formula is C11H13F3N4O5. The maximum absolute atomic E-state index is 12.4. The van der Waals surface area contributed by atoms with Gasteiger partial charge < -0.3 is 26.0 Å². The minimum absolute atomic E-state index is 0.126. The second kappa shape index (κ2) is 6.14. The van der Waals surface area contributed by atoms with Crippen molar-refractivity contribution >= 4 is 11.7 Å². The van der Waals surface area contributed by atoms with Crippen molar-refractivity contribution in [2.45, 2.75) is 30.7 Å². The molecule has 9 nitrogen and oxygen atoms in total. The lowest BCUT2D eigenvalue weighted by Crippen LogP contribution is -2.51. The van der Waals surface area contributed by atoms with E-state index in [2.05, 4.69) is 4.98 Å². The summed E-state index contributed by atoms with van der Waals surface area (Å²) in [5.74, 6) is -2.44. The fraction of sp³-hybridized carbons (Fsp3) is 0.545. The molecule has 0 unspecified atom stereocenters. The smallest absolute Gasteiger partial charge is 0.394 e. The molecule has 1 aromatic heterocycles. The van der Waals surface area contributed by atoms with Gasteiger partial charge in [-0.05, 0) is 6.07 Å². The molecule has 0 aliphatic carbocycles. The number of anilines is 1. The zero-order valence-corrected chi connectivity index (χ0v) is 11.4. The molecular weight excluding hydrogens is 325 g/mol. The van der Waals surface area contributed by atoms with Gasteiger partial charge in [0.25, 0.3) is 0 Å². The zero-order chi connectivity index (χ0) is 17.4. The number of carbonyl (C=O) groups excluding carboxylic acids is 1. The molecule has 1 aliphatic rings. The van der Waals surface area contributed by atoms with Crippen LogP contribution in [0.4, 0.5) is 19.0 Å². The van der Waals surface area contributed by atoms with Crippen LogP contribution in [0, 0.1) is 0 Å². The van der Waals surface area contributed by atoms with Crippen molar-refractivity contribution in [3.63, 3.8) is 0 Å². The van der Waals surface area contributed by atoms with Gasteiger partial charge in [0.2, 0.25) is 0 Å². The number of nitrogens with zero attached hydrogens (tertiary/aromatic N) is 2. The predicted molar refractivity (Wildman–Crippen MR) is 67.9 cm³/mol. The number of hydrogen-bond acceptors (Lipinski definition) is 7. The van der Waals surface area contributed by atoms with Gasteiger partial charge >= 0.3 is 17.8 Å². The van der Waals surface area contributed by atoms with E-state index in [1.165, 1.54) is 6.07 Å². The van der Waals surface area contributed by atoms with Gasteiger partial charge in [0, 0.05) is 6.20 Å². The first-order chi connectivity index (χ1) is 10.6. The average molecular weight is 338 g/mol. The Labute approximate surface area is 126 Å². The Kier molecular flexibility index (Phi) is 4.58. The van der Waals surface area contributed by atoms with Crippen LogP contribution in [0.25, 0.3) is 0 Å². The first-order valence-corrected chi connectivity index (χ1v) is 6.32. The zero-order valence-electron chi connectivity index (χ0n) is 11.4. The number of aliphatic hydroxyl groups is 2. The topological polar surface area (TPSA) is 140 Å². The van der Waals surface area contributed by atoms with E-state index in [4.69, 9.17) is 15.6 Å². The second-order valence-electron chi connectivity index (χ2n) is 4.78. The third-order valence-electron chi connectivity index (χ3n) is 3.23. The Morgan fingerprint density at radius 3 is 2.70 bits per heavy atom. The van der Waals surface area contributed by atoms with Gasteiger partial charge in [-0.2, -0.15) is 18.2 Å². The van der Waals surface area contributed by atoms with Crippen molar-refractivity contribution in [3.8, 4) is 0 Å². The monoisotopic (exact) mass is 338 g/mol. The Morgan fingerprint density at radius 2 is 2.17 bits per heavy atom. The van der Waals surface area contributed by atoms with E-state index in [9.17, 15) is 27.9 Å². The maximum Gasteiger partial charge on any atom is 0.471 e. The van der Waals surface area contributed by atoms with Crippen LogP contribution in [0.3, 0.4) is 0 Å². The summed E-state index contributed by atoms with van der Waals surface area (Å²) in [6.07, 6.45) is -8.54. The van der Waals surface area contributed by atoms with Crippen LogP contribution in [-0.2, 0) is 9.53 Å². The molecule has 0 saturated carbocycles. The van der Waals surface area contributed by atoms with E-state index >= 15 is 0 Å². The average Bonchev–Trinajstić information content (AvgIpc) is 2.75. The van der Waals surface area contributed by atoms with Crippen LogP contribution < -0.4 is 16.7 Å². The number of nitrogens with two attached hydrogens (primary N) is 1. The fourth-order valence-electron chi connectivity index (χ4n) is 2.14. The van der Waals surface area contributed by atoms with Crippen LogP contribution in [0.5, 0.6) is 0 Å².